The number of nitrogens with two attached hydrogens (primary N) is 1. The number of aliphatic carboxylic acids is 1. The van der Waals surface area contributed by atoms with Gasteiger partial charge in [-0.15, -0.1) is 0 Å². The fourth-order valence-corrected chi connectivity index (χ4v) is 4.63. The fourth-order valence-electron chi connectivity index (χ4n) is 4.63. The van der Waals surface area contributed by atoms with Crippen LogP contribution >= 0.6 is 0 Å². The summed E-state index contributed by atoms with van der Waals surface area (Å²) in [7, 11) is 0. The summed E-state index contributed by atoms with van der Waals surface area (Å²) in [6, 6.07) is 7.44. The van der Waals surface area contributed by atoms with Crippen LogP contribution in [0.2, 0.25) is 0 Å². The van der Waals surface area contributed by atoms with Crippen molar-refractivity contribution in [3.05, 3.63) is 65.4 Å². The van der Waals surface area contributed by atoms with E-state index in [4.69, 9.17) is 15.4 Å². The summed E-state index contributed by atoms with van der Waals surface area (Å²) in [6.45, 7) is 6.17. The molecule has 3 heterocycles. The Labute approximate surface area is 233 Å². The Kier molecular flexibility index (Phi) is 8.20. The molecule has 0 aliphatic rings. The van der Waals surface area contributed by atoms with Gasteiger partial charge in [0.05, 0.1) is 11.6 Å². The summed E-state index contributed by atoms with van der Waals surface area (Å²) >= 11 is 0. The molecule has 4 aromatic rings. The first-order valence-corrected chi connectivity index (χ1v) is 12.9. The van der Waals surface area contributed by atoms with Crippen LogP contribution in [0.15, 0.2) is 47.2 Å². The van der Waals surface area contributed by atoms with Gasteiger partial charge in [0.2, 0.25) is 11.7 Å². The highest BCUT2D eigenvalue weighted by atomic mass is 19.4. The SMILES string of the molecule is Cc1ccn2c(C(=O)Nc3cc(-c4noc(CCC(C)(CC(C)[C@@H](N)C(=O)O)C(F)(F)F)n4)ccc3C)cnc2c1. The average molecular weight is 573 g/mol. The third kappa shape index (κ3) is 6.40. The van der Waals surface area contributed by atoms with E-state index in [1.807, 2.05) is 26.0 Å². The average Bonchev–Trinajstić information content (AvgIpc) is 3.54. The van der Waals surface area contributed by atoms with Crippen molar-refractivity contribution >= 4 is 23.2 Å². The Morgan fingerprint density at radius 2 is 1.93 bits per heavy atom. The van der Waals surface area contributed by atoms with E-state index in [0.717, 1.165) is 18.1 Å². The van der Waals surface area contributed by atoms with E-state index in [1.165, 1.54) is 13.1 Å². The van der Waals surface area contributed by atoms with E-state index in [0.29, 0.717) is 22.6 Å². The quantitative estimate of drug-likeness (QED) is 0.235. The number of carbonyl (C=O) groups is 2. The van der Waals surface area contributed by atoms with Crippen LogP contribution < -0.4 is 11.1 Å². The second-order valence-corrected chi connectivity index (χ2v) is 10.7. The van der Waals surface area contributed by atoms with Gasteiger partial charge in [-0.05, 0) is 61.9 Å². The van der Waals surface area contributed by atoms with Gasteiger partial charge in [-0.25, -0.2) is 4.98 Å². The molecule has 0 saturated carbocycles. The largest absolute Gasteiger partial charge is 0.480 e. The van der Waals surface area contributed by atoms with Crippen LogP contribution in [0.4, 0.5) is 18.9 Å². The van der Waals surface area contributed by atoms with Crippen LogP contribution in [0.1, 0.15) is 54.2 Å². The zero-order chi connectivity index (χ0) is 30.1. The van der Waals surface area contributed by atoms with Crippen LogP contribution in [-0.4, -0.2) is 48.7 Å². The number of fused-ring (bicyclic) bond motifs is 1. The Morgan fingerprint density at radius 3 is 2.61 bits per heavy atom. The summed E-state index contributed by atoms with van der Waals surface area (Å²) in [5.74, 6) is -2.50. The van der Waals surface area contributed by atoms with Gasteiger partial charge >= 0.3 is 12.1 Å². The Bertz CT molecular complexity index is 1580. The van der Waals surface area contributed by atoms with E-state index >= 15 is 0 Å². The van der Waals surface area contributed by atoms with Crippen LogP contribution in [0.5, 0.6) is 0 Å². The highest BCUT2D eigenvalue weighted by molar-refractivity contribution is 6.04. The standard InChI is InChI=1S/C28H31F3N6O4/c1-15-8-10-37-20(14-33-21(37)11-15)25(38)34-19-12-18(6-5-16(19)2)24-35-22(41-36-24)7-9-27(4,28(29,30)31)13-17(3)23(32)26(39)40/h5-6,8,10-12,14,17,23H,7,9,13,32H2,1-4H3,(H,34,38)(H,39,40)/t17?,23-,27?/m1/s1. The highest BCUT2D eigenvalue weighted by Gasteiger charge is 2.51. The molecule has 10 nitrogen and oxygen atoms in total. The van der Waals surface area contributed by atoms with Gasteiger partial charge in [0.15, 0.2) is 0 Å². The first-order valence-electron chi connectivity index (χ1n) is 12.9. The molecule has 13 heteroatoms. The lowest BCUT2D eigenvalue weighted by Gasteiger charge is -2.35. The minimum absolute atomic E-state index is 0.00200. The number of carboxylic acids is 1. The normalized spacial score (nSPS) is 14.9. The summed E-state index contributed by atoms with van der Waals surface area (Å²) in [4.78, 5) is 32.7. The van der Waals surface area contributed by atoms with Crippen molar-refractivity contribution in [3.8, 4) is 11.4 Å². The number of benzene rings is 1. The molecule has 218 valence electrons. The van der Waals surface area contributed by atoms with E-state index in [9.17, 15) is 22.8 Å². The fraction of sp³-hybridized carbons (Fsp3) is 0.393. The molecule has 1 amide bonds. The number of nitrogens with zero attached hydrogens (tertiary/aromatic N) is 4. The molecule has 1 aromatic carbocycles. The zero-order valence-electron chi connectivity index (χ0n) is 23.0. The molecule has 0 spiro atoms. The van der Waals surface area contributed by atoms with E-state index in [2.05, 4.69) is 20.4 Å². The number of amides is 1. The van der Waals surface area contributed by atoms with Crippen molar-refractivity contribution in [1.29, 1.82) is 0 Å². The van der Waals surface area contributed by atoms with Crippen LogP contribution in [-0.2, 0) is 11.2 Å². The Balaban J connectivity index is 1.49. The number of pyridine rings is 1. The highest BCUT2D eigenvalue weighted by Crippen LogP contribution is 2.46. The maximum absolute atomic E-state index is 14.0. The molecular weight excluding hydrogens is 541 g/mol. The molecule has 41 heavy (non-hydrogen) atoms. The second-order valence-electron chi connectivity index (χ2n) is 10.7. The smallest absolute Gasteiger partial charge is 0.394 e. The van der Waals surface area contributed by atoms with Crippen molar-refractivity contribution < 1.29 is 32.4 Å². The topological polar surface area (TPSA) is 149 Å². The summed E-state index contributed by atoms with van der Waals surface area (Å²) in [5, 5.41) is 15.9. The number of alkyl halides is 3. The molecule has 3 aromatic heterocycles. The lowest BCUT2D eigenvalue weighted by Crippen LogP contribution is -2.43. The molecule has 0 saturated heterocycles. The van der Waals surface area contributed by atoms with Crippen LogP contribution in [0.25, 0.3) is 17.0 Å². The summed E-state index contributed by atoms with van der Waals surface area (Å²) < 4.78 is 48.9. The van der Waals surface area contributed by atoms with Gasteiger partial charge in [-0.1, -0.05) is 31.1 Å². The molecule has 0 bridgehead atoms. The zero-order valence-corrected chi connectivity index (χ0v) is 23.0. The molecule has 3 atom stereocenters. The van der Waals surface area contributed by atoms with Gasteiger partial charge in [0.1, 0.15) is 17.4 Å². The van der Waals surface area contributed by atoms with Crippen molar-refractivity contribution in [2.75, 3.05) is 5.32 Å². The number of hydrogen-bond acceptors (Lipinski definition) is 7. The van der Waals surface area contributed by atoms with E-state index in [1.54, 1.807) is 28.8 Å². The second kappa shape index (κ2) is 11.3. The van der Waals surface area contributed by atoms with E-state index < -0.39 is 42.4 Å². The molecule has 4 N–H and O–H groups in total. The van der Waals surface area contributed by atoms with Crippen molar-refractivity contribution in [1.82, 2.24) is 19.5 Å². The molecule has 0 aliphatic heterocycles. The Morgan fingerprint density at radius 1 is 1.20 bits per heavy atom. The molecule has 0 radical (unpaired) electrons. The first kappa shape index (κ1) is 29.7. The van der Waals surface area contributed by atoms with Gasteiger partial charge in [0.25, 0.3) is 5.91 Å². The predicted molar refractivity (Wildman–Crippen MR) is 144 cm³/mol. The minimum atomic E-state index is -4.61. The first-order chi connectivity index (χ1) is 19.2. The van der Waals surface area contributed by atoms with Gasteiger partial charge < -0.3 is 20.7 Å². The number of aryl methyl sites for hydroxylation is 3. The maximum Gasteiger partial charge on any atom is 0.394 e. The predicted octanol–water partition coefficient (Wildman–Crippen LogP) is 5.19. The number of rotatable bonds is 10. The number of hydrogen-bond donors (Lipinski definition) is 3. The van der Waals surface area contributed by atoms with Gasteiger partial charge in [-0.3, -0.25) is 14.0 Å². The lowest BCUT2D eigenvalue weighted by molar-refractivity contribution is -0.226. The molecule has 0 aliphatic carbocycles. The van der Waals surface area contributed by atoms with Crippen LogP contribution in [0, 0.1) is 25.2 Å². The number of halogens is 3. The molecule has 2 unspecified atom stereocenters. The monoisotopic (exact) mass is 572 g/mol. The minimum Gasteiger partial charge on any atom is -0.480 e. The third-order valence-electron chi connectivity index (χ3n) is 7.36. The lowest BCUT2D eigenvalue weighted by atomic mass is 9.75. The number of aromatic nitrogens is 4. The van der Waals surface area contributed by atoms with Crippen molar-refractivity contribution in [2.45, 2.75) is 59.2 Å². The van der Waals surface area contributed by atoms with Crippen molar-refractivity contribution in [3.63, 3.8) is 0 Å². The number of nitrogens with one attached hydrogen (secondary N) is 1. The number of anilines is 1. The number of carbonyl (C=O) groups excluding carboxylic acids is 1. The molecule has 4 rings (SSSR count). The summed E-state index contributed by atoms with van der Waals surface area (Å²) in [5.41, 5.74) is 7.10. The molecular formula is C28H31F3N6O4. The number of imidazole rings is 1. The van der Waals surface area contributed by atoms with Crippen molar-refractivity contribution in [2.24, 2.45) is 17.1 Å². The van der Waals surface area contributed by atoms with Gasteiger partial charge in [0, 0.05) is 23.9 Å². The maximum atomic E-state index is 14.0. The van der Waals surface area contributed by atoms with E-state index in [-0.39, 0.29) is 24.0 Å². The van der Waals surface area contributed by atoms with Crippen LogP contribution in [0.3, 0.4) is 0 Å². The van der Waals surface area contributed by atoms with Gasteiger partial charge in [-0.2, -0.15) is 18.2 Å². The third-order valence-corrected chi connectivity index (χ3v) is 7.36. The Hall–Kier alpha value is -4.26. The molecule has 0 fully saturated rings. The summed E-state index contributed by atoms with van der Waals surface area (Å²) in [6.07, 6.45) is -2.41. The number of carboxylic acid groups (broad SMARTS) is 1.